The van der Waals surface area contributed by atoms with Crippen molar-refractivity contribution in [3.63, 3.8) is 0 Å². The number of ether oxygens (including phenoxy) is 1. The summed E-state index contributed by atoms with van der Waals surface area (Å²) >= 11 is 0. The van der Waals surface area contributed by atoms with E-state index in [0.29, 0.717) is 29.2 Å². The molecule has 0 bridgehead atoms. The molecule has 1 aliphatic heterocycles. The second kappa shape index (κ2) is 6.81. The number of benzene rings is 2. The van der Waals surface area contributed by atoms with Crippen LogP contribution in [0.2, 0.25) is 0 Å². The summed E-state index contributed by atoms with van der Waals surface area (Å²) in [6.45, 7) is 7.89. The summed E-state index contributed by atoms with van der Waals surface area (Å²) in [6.07, 6.45) is -0.545. The Labute approximate surface area is 146 Å². The van der Waals surface area contributed by atoms with Gasteiger partial charge in [-0.25, -0.2) is 0 Å². The molecule has 1 heterocycles. The summed E-state index contributed by atoms with van der Waals surface area (Å²) in [7, 11) is 0. The average Bonchev–Trinajstić information content (AvgIpc) is 2.60. The van der Waals surface area contributed by atoms with Crippen LogP contribution in [0.5, 0.6) is 5.75 Å². The van der Waals surface area contributed by atoms with Gasteiger partial charge in [0.05, 0.1) is 5.69 Å². The summed E-state index contributed by atoms with van der Waals surface area (Å²) in [5.41, 5.74) is 2.68. The first-order chi connectivity index (χ1) is 12.0. The van der Waals surface area contributed by atoms with Crippen LogP contribution < -0.4 is 15.0 Å². The molecule has 0 aromatic heterocycles. The van der Waals surface area contributed by atoms with Gasteiger partial charge in [-0.3, -0.25) is 9.59 Å². The molecule has 128 valence electrons. The predicted octanol–water partition coefficient (Wildman–Crippen LogP) is 3.63. The molecule has 25 heavy (non-hydrogen) atoms. The Balaban J connectivity index is 1.90. The van der Waals surface area contributed by atoms with Crippen LogP contribution >= 0.6 is 0 Å². The third-order valence-electron chi connectivity index (χ3n) is 3.89. The van der Waals surface area contributed by atoms with Gasteiger partial charge in [-0.1, -0.05) is 30.4 Å². The van der Waals surface area contributed by atoms with Crippen molar-refractivity contribution in [2.24, 2.45) is 0 Å². The van der Waals surface area contributed by atoms with Crippen LogP contribution in [-0.4, -0.2) is 24.5 Å². The molecule has 0 saturated carbocycles. The van der Waals surface area contributed by atoms with E-state index in [2.05, 4.69) is 11.9 Å². The average molecular weight is 336 g/mol. The van der Waals surface area contributed by atoms with E-state index >= 15 is 0 Å². The van der Waals surface area contributed by atoms with Crippen molar-refractivity contribution in [3.8, 4) is 5.75 Å². The van der Waals surface area contributed by atoms with E-state index in [9.17, 15) is 9.59 Å². The monoisotopic (exact) mass is 336 g/mol. The Hall–Kier alpha value is -3.08. The number of carbonyl (C=O) groups is 2. The molecule has 3 rings (SSSR count). The zero-order valence-electron chi connectivity index (χ0n) is 14.3. The van der Waals surface area contributed by atoms with Gasteiger partial charge >= 0.3 is 0 Å². The Morgan fingerprint density at radius 3 is 2.64 bits per heavy atom. The van der Waals surface area contributed by atoms with Crippen LogP contribution in [0, 0.1) is 0 Å². The van der Waals surface area contributed by atoms with Gasteiger partial charge < -0.3 is 15.0 Å². The SMILES string of the molecule is C=C(C)CN1C(=O)C(C)Oc2ccc(NC(=O)c3ccccc3)cc21. The molecule has 0 spiro atoms. The lowest BCUT2D eigenvalue weighted by Crippen LogP contribution is -2.45. The molecule has 0 saturated heterocycles. The fourth-order valence-corrected chi connectivity index (χ4v) is 2.71. The van der Waals surface area contributed by atoms with Gasteiger partial charge in [0.2, 0.25) is 0 Å². The fourth-order valence-electron chi connectivity index (χ4n) is 2.71. The highest BCUT2D eigenvalue weighted by molar-refractivity contribution is 6.05. The third-order valence-corrected chi connectivity index (χ3v) is 3.89. The first-order valence-electron chi connectivity index (χ1n) is 8.08. The zero-order valence-corrected chi connectivity index (χ0v) is 14.3. The molecule has 0 radical (unpaired) electrons. The van der Waals surface area contributed by atoms with Crippen LogP contribution in [0.4, 0.5) is 11.4 Å². The van der Waals surface area contributed by atoms with Gasteiger partial charge in [0.1, 0.15) is 5.75 Å². The lowest BCUT2D eigenvalue weighted by atomic mass is 10.1. The molecule has 1 atom stereocenters. The summed E-state index contributed by atoms with van der Waals surface area (Å²) in [5, 5.41) is 2.85. The maximum absolute atomic E-state index is 12.5. The highest BCUT2D eigenvalue weighted by atomic mass is 16.5. The molecule has 0 aliphatic carbocycles. The van der Waals surface area contributed by atoms with E-state index in [0.717, 1.165) is 5.57 Å². The van der Waals surface area contributed by atoms with Crippen molar-refractivity contribution >= 4 is 23.2 Å². The minimum atomic E-state index is -0.545. The number of anilines is 2. The molecule has 1 unspecified atom stereocenters. The van der Waals surface area contributed by atoms with E-state index in [1.807, 2.05) is 25.1 Å². The largest absolute Gasteiger partial charge is 0.479 e. The van der Waals surface area contributed by atoms with E-state index in [4.69, 9.17) is 4.74 Å². The molecular weight excluding hydrogens is 316 g/mol. The quantitative estimate of drug-likeness (QED) is 0.868. The van der Waals surface area contributed by atoms with Crippen molar-refractivity contribution in [1.82, 2.24) is 0 Å². The number of amides is 2. The van der Waals surface area contributed by atoms with Gasteiger partial charge in [0.15, 0.2) is 6.10 Å². The lowest BCUT2D eigenvalue weighted by Gasteiger charge is -2.33. The van der Waals surface area contributed by atoms with Crippen molar-refractivity contribution in [3.05, 3.63) is 66.2 Å². The number of rotatable bonds is 4. The second-order valence-corrected chi connectivity index (χ2v) is 6.14. The Bertz CT molecular complexity index is 830. The number of nitrogens with zero attached hydrogens (tertiary/aromatic N) is 1. The molecule has 5 nitrogen and oxygen atoms in total. The highest BCUT2D eigenvalue weighted by Crippen LogP contribution is 2.36. The molecule has 2 aromatic rings. The van der Waals surface area contributed by atoms with E-state index < -0.39 is 6.10 Å². The highest BCUT2D eigenvalue weighted by Gasteiger charge is 2.31. The van der Waals surface area contributed by atoms with Crippen LogP contribution in [0.3, 0.4) is 0 Å². The number of carbonyl (C=O) groups excluding carboxylic acids is 2. The fraction of sp³-hybridized carbons (Fsp3) is 0.200. The first-order valence-corrected chi connectivity index (χ1v) is 8.08. The molecule has 2 amide bonds. The normalized spacial score (nSPS) is 16.0. The summed E-state index contributed by atoms with van der Waals surface area (Å²) in [6, 6.07) is 14.3. The summed E-state index contributed by atoms with van der Waals surface area (Å²) < 4.78 is 5.67. The van der Waals surface area contributed by atoms with Gasteiger partial charge in [-0.2, -0.15) is 0 Å². The second-order valence-electron chi connectivity index (χ2n) is 6.14. The van der Waals surface area contributed by atoms with Crippen LogP contribution in [0.1, 0.15) is 24.2 Å². The van der Waals surface area contributed by atoms with E-state index in [-0.39, 0.29) is 11.8 Å². The number of fused-ring (bicyclic) bond motifs is 1. The summed E-state index contributed by atoms with van der Waals surface area (Å²) in [4.78, 5) is 26.4. The van der Waals surface area contributed by atoms with E-state index in [1.54, 1.807) is 42.2 Å². The first kappa shape index (κ1) is 16.8. The third kappa shape index (κ3) is 3.55. The summed E-state index contributed by atoms with van der Waals surface area (Å²) in [5.74, 6) is 0.288. The minimum Gasteiger partial charge on any atom is -0.479 e. The van der Waals surface area contributed by atoms with Gasteiger partial charge in [0.25, 0.3) is 11.8 Å². The Kier molecular flexibility index (Phi) is 4.57. The molecule has 1 N–H and O–H groups in total. The Morgan fingerprint density at radius 1 is 1.24 bits per heavy atom. The van der Waals surface area contributed by atoms with Crippen LogP contribution in [0.15, 0.2) is 60.7 Å². The topological polar surface area (TPSA) is 58.6 Å². The lowest BCUT2D eigenvalue weighted by molar-refractivity contribution is -0.125. The van der Waals surface area contributed by atoms with Crippen LogP contribution in [0.25, 0.3) is 0 Å². The van der Waals surface area contributed by atoms with E-state index in [1.165, 1.54) is 0 Å². The van der Waals surface area contributed by atoms with Gasteiger partial charge in [-0.05, 0) is 44.2 Å². The van der Waals surface area contributed by atoms with Gasteiger partial charge in [0, 0.05) is 17.8 Å². The van der Waals surface area contributed by atoms with Gasteiger partial charge in [-0.15, -0.1) is 0 Å². The van der Waals surface area contributed by atoms with Crippen molar-refractivity contribution in [2.75, 3.05) is 16.8 Å². The molecule has 1 aliphatic rings. The Morgan fingerprint density at radius 2 is 1.96 bits per heavy atom. The molecule has 0 fully saturated rings. The zero-order chi connectivity index (χ0) is 18.0. The standard InChI is InChI=1S/C20H20N2O3/c1-13(2)12-22-17-11-16(9-10-18(17)25-14(3)20(22)24)21-19(23)15-7-5-4-6-8-15/h4-11,14H,1,12H2,2-3H3,(H,21,23). The minimum absolute atomic E-state index is 0.123. The number of hydrogen-bond acceptors (Lipinski definition) is 3. The maximum Gasteiger partial charge on any atom is 0.268 e. The van der Waals surface area contributed by atoms with Crippen molar-refractivity contribution < 1.29 is 14.3 Å². The molecule has 2 aromatic carbocycles. The molecule has 5 heteroatoms. The number of hydrogen-bond donors (Lipinski definition) is 1. The van der Waals surface area contributed by atoms with Crippen molar-refractivity contribution in [2.45, 2.75) is 20.0 Å². The number of nitrogens with one attached hydrogen (secondary N) is 1. The van der Waals surface area contributed by atoms with Crippen molar-refractivity contribution in [1.29, 1.82) is 0 Å². The predicted molar refractivity (Wildman–Crippen MR) is 98.1 cm³/mol. The van der Waals surface area contributed by atoms with Crippen LogP contribution in [-0.2, 0) is 4.79 Å². The molecular formula is C20H20N2O3. The maximum atomic E-state index is 12.5. The smallest absolute Gasteiger partial charge is 0.268 e.